The first-order valence-electron chi connectivity index (χ1n) is 9.79. The van der Waals surface area contributed by atoms with Crippen LogP contribution in [0.15, 0.2) is 47.7 Å². The van der Waals surface area contributed by atoms with Gasteiger partial charge >= 0.3 is 0 Å². The maximum Gasteiger partial charge on any atom is 0.279 e. The predicted molar refractivity (Wildman–Crippen MR) is 111 cm³/mol. The Kier molecular flexibility index (Phi) is 3.99. The molecule has 8 nitrogen and oxygen atoms in total. The van der Waals surface area contributed by atoms with Crippen LogP contribution in [0.5, 0.6) is 11.5 Å². The van der Waals surface area contributed by atoms with E-state index in [1.165, 1.54) is 6.07 Å². The molecule has 0 saturated carbocycles. The molecular weight excluding hydrogens is 386 g/mol. The zero-order chi connectivity index (χ0) is 21.0. The Labute approximate surface area is 173 Å². The Balaban J connectivity index is 1.74. The van der Waals surface area contributed by atoms with E-state index in [1.54, 1.807) is 6.07 Å². The van der Waals surface area contributed by atoms with Crippen LogP contribution >= 0.6 is 0 Å². The molecule has 1 atom stereocenters. The third kappa shape index (κ3) is 2.96. The SMILES string of the molecule is CC1(C)CC(=O)C2=C(C1)Nc1ccccc1N[C@@H]2c1cc2c(cc1[N+](=O)[O-])OCO2. The van der Waals surface area contributed by atoms with Crippen LogP contribution in [-0.2, 0) is 4.79 Å². The molecule has 30 heavy (non-hydrogen) atoms. The van der Waals surface area contributed by atoms with Gasteiger partial charge in [0, 0.05) is 17.7 Å². The third-order valence-electron chi connectivity index (χ3n) is 5.75. The zero-order valence-corrected chi connectivity index (χ0v) is 16.7. The monoisotopic (exact) mass is 407 g/mol. The fourth-order valence-electron chi connectivity index (χ4n) is 4.46. The Morgan fingerprint density at radius 2 is 1.80 bits per heavy atom. The molecule has 0 aromatic heterocycles. The number of anilines is 2. The molecule has 0 unspecified atom stereocenters. The number of hydrogen-bond acceptors (Lipinski definition) is 7. The van der Waals surface area contributed by atoms with Crippen molar-refractivity contribution in [2.45, 2.75) is 32.7 Å². The maximum absolute atomic E-state index is 13.3. The van der Waals surface area contributed by atoms with Crippen LogP contribution < -0.4 is 20.1 Å². The van der Waals surface area contributed by atoms with Crippen LogP contribution in [0.25, 0.3) is 0 Å². The van der Waals surface area contributed by atoms with Gasteiger partial charge in [0.2, 0.25) is 6.79 Å². The molecule has 3 aliphatic rings. The van der Waals surface area contributed by atoms with Crippen molar-refractivity contribution in [1.82, 2.24) is 0 Å². The molecule has 2 heterocycles. The van der Waals surface area contributed by atoms with E-state index in [0.717, 1.165) is 17.1 Å². The van der Waals surface area contributed by atoms with Crippen LogP contribution in [0.4, 0.5) is 17.1 Å². The van der Waals surface area contributed by atoms with E-state index in [4.69, 9.17) is 9.47 Å². The summed E-state index contributed by atoms with van der Waals surface area (Å²) in [5, 5.41) is 18.7. The summed E-state index contributed by atoms with van der Waals surface area (Å²) >= 11 is 0. The number of ketones is 1. The minimum Gasteiger partial charge on any atom is -0.454 e. The fourth-order valence-corrected chi connectivity index (χ4v) is 4.46. The third-order valence-corrected chi connectivity index (χ3v) is 5.75. The molecule has 0 bridgehead atoms. The molecule has 2 aromatic carbocycles. The number of ether oxygens (including phenoxy) is 2. The van der Waals surface area contributed by atoms with Gasteiger partial charge in [-0.2, -0.15) is 0 Å². The molecule has 2 aromatic rings. The highest BCUT2D eigenvalue weighted by atomic mass is 16.7. The van der Waals surface area contributed by atoms with Crippen LogP contribution in [0, 0.1) is 15.5 Å². The van der Waals surface area contributed by atoms with Gasteiger partial charge in [-0.3, -0.25) is 14.9 Å². The second-order valence-corrected chi connectivity index (χ2v) is 8.60. The van der Waals surface area contributed by atoms with Gasteiger partial charge in [-0.1, -0.05) is 26.0 Å². The van der Waals surface area contributed by atoms with E-state index in [9.17, 15) is 14.9 Å². The summed E-state index contributed by atoms with van der Waals surface area (Å²) in [7, 11) is 0. The normalized spacial score (nSPS) is 21.1. The number of nitrogens with one attached hydrogen (secondary N) is 2. The van der Waals surface area contributed by atoms with Crippen molar-refractivity contribution in [3.63, 3.8) is 0 Å². The Bertz CT molecular complexity index is 1120. The van der Waals surface area contributed by atoms with Gasteiger partial charge in [-0.05, 0) is 30.0 Å². The highest BCUT2D eigenvalue weighted by Gasteiger charge is 2.41. The molecule has 0 saturated heterocycles. The topological polar surface area (TPSA) is 103 Å². The van der Waals surface area contributed by atoms with Gasteiger partial charge in [0.1, 0.15) is 0 Å². The first-order chi connectivity index (χ1) is 14.3. The zero-order valence-electron chi connectivity index (χ0n) is 16.7. The first-order valence-corrected chi connectivity index (χ1v) is 9.79. The number of benzene rings is 2. The summed E-state index contributed by atoms with van der Waals surface area (Å²) in [5.41, 5.74) is 3.01. The van der Waals surface area contributed by atoms with E-state index in [1.807, 2.05) is 24.3 Å². The Morgan fingerprint density at radius 1 is 1.10 bits per heavy atom. The molecule has 0 fully saturated rings. The minimum atomic E-state index is -0.686. The molecule has 1 aliphatic carbocycles. The number of nitro groups is 1. The van der Waals surface area contributed by atoms with Gasteiger partial charge in [0.05, 0.1) is 34.0 Å². The molecule has 8 heteroatoms. The first kappa shape index (κ1) is 18.5. The van der Waals surface area contributed by atoms with Crippen molar-refractivity contribution in [2.75, 3.05) is 17.4 Å². The number of para-hydroxylation sites is 2. The summed E-state index contributed by atoms with van der Waals surface area (Å²) in [4.78, 5) is 24.7. The molecule has 5 rings (SSSR count). The lowest BCUT2D eigenvalue weighted by Gasteiger charge is -2.34. The Morgan fingerprint density at radius 3 is 2.53 bits per heavy atom. The summed E-state index contributed by atoms with van der Waals surface area (Å²) in [6, 6.07) is 9.92. The second kappa shape index (κ2) is 6.48. The van der Waals surface area contributed by atoms with Gasteiger partial charge in [0.15, 0.2) is 17.3 Å². The van der Waals surface area contributed by atoms with Crippen molar-refractivity contribution in [3.8, 4) is 11.5 Å². The molecule has 0 amide bonds. The highest BCUT2D eigenvalue weighted by Crippen LogP contribution is 2.49. The van der Waals surface area contributed by atoms with Crippen LogP contribution in [0.1, 0.15) is 38.3 Å². The summed E-state index contributed by atoms with van der Waals surface area (Å²) < 4.78 is 10.8. The number of carbonyl (C=O) groups is 1. The van der Waals surface area contributed by atoms with Gasteiger partial charge in [-0.25, -0.2) is 0 Å². The van der Waals surface area contributed by atoms with Crippen molar-refractivity contribution in [1.29, 1.82) is 0 Å². The molecule has 2 aliphatic heterocycles. The lowest BCUT2D eigenvalue weighted by molar-refractivity contribution is -0.385. The van der Waals surface area contributed by atoms with Gasteiger partial charge < -0.3 is 20.1 Å². The van der Waals surface area contributed by atoms with Crippen molar-refractivity contribution < 1.29 is 19.2 Å². The lowest BCUT2D eigenvalue weighted by Crippen LogP contribution is -2.31. The van der Waals surface area contributed by atoms with E-state index in [2.05, 4.69) is 24.5 Å². The average molecular weight is 407 g/mol. The average Bonchev–Trinajstić information content (AvgIpc) is 3.06. The predicted octanol–water partition coefficient (Wildman–Crippen LogP) is 4.55. The van der Waals surface area contributed by atoms with Crippen LogP contribution in [0.2, 0.25) is 0 Å². The van der Waals surface area contributed by atoms with Crippen molar-refractivity contribution in [2.24, 2.45) is 5.41 Å². The lowest BCUT2D eigenvalue weighted by atomic mass is 9.73. The number of hydrogen-bond donors (Lipinski definition) is 2. The van der Waals surface area contributed by atoms with Gasteiger partial charge in [0.25, 0.3) is 5.69 Å². The Hall–Kier alpha value is -3.55. The molecule has 0 radical (unpaired) electrons. The number of Topliss-reactive ketones (excluding diaryl/α,β-unsaturated/α-hetero) is 1. The van der Waals surface area contributed by atoms with E-state index < -0.39 is 11.0 Å². The van der Waals surface area contributed by atoms with E-state index >= 15 is 0 Å². The van der Waals surface area contributed by atoms with E-state index in [-0.39, 0.29) is 23.7 Å². The number of carbonyl (C=O) groups excluding carboxylic acids is 1. The van der Waals surface area contributed by atoms with E-state index in [0.29, 0.717) is 35.5 Å². The summed E-state index contributed by atoms with van der Waals surface area (Å²) in [6.45, 7) is 4.12. The standard InChI is InChI=1S/C22H21N3O5/c1-22(2)9-15-20(17(26)10-22)21(24-14-6-4-3-5-13(14)23-15)12-7-18-19(30-11-29-18)8-16(12)25(27)28/h3-8,21,23-24H,9-11H2,1-2H3/t21-/m1/s1. The summed E-state index contributed by atoms with van der Waals surface area (Å²) in [5.74, 6) is 0.752. The van der Waals surface area contributed by atoms with Crippen molar-refractivity contribution in [3.05, 3.63) is 63.3 Å². The largest absolute Gasteiger partial charge is 0.454 e. The minimum absolute atomic E-state index is 0.0134. The molecule has 0 spiro atoms. The van der Waals surface area contributed by atoms with Crippen LogP contribution in [-0.4, -0.2) is 17.5 Å². The molecular formula is C22H21N3O5. The number of nitro benzene ring substituents is 1. The number of rotatable bonds is 2. The number of nitrogens with zero attached hydrogens (tertiary/aromatic N) is 1. The van der Waals surface area contributed by atoms with Crippen LogP contribution in [0.3, 0.4) is 0 Å². The number of fused-ring (bicyclic) bond motifs is 2. The number of allylic oxidation sites excluding steroid dienone is 1. The molecule has 2 N–H and O–H groups in total. The highest BCUT2D eigenvalue weighted by molar-refractivity contribution is 6.01. The van der Waals surface area contributed by atoms with Crippen molar-refractivity contribution >= 4 is 22.8 Å². The smallest absolute Gasteiger partial charge is 0.279 e. The van der Waals surface area contributed by atoms with Gasteiger partial charge in [-0.15, -0.1) is 0 Å². The quantitative estimate of drug-likeness (QED) is 0.556. The molecule has 154 valence electrons. The summed E-state index contributed by atoms with van der Waals surface area (Å²) in [6.07, 6.45) is 1.04. The maximum atomic E-state index is 13.3. The fraction of sp³-hybridized carbons (Fsp3) is 0.318. The second-order valence-electron chi connectivity index (χ2n) is 8.60.